The Hall–Kier alpha value is -1.30. The fourth-order valence-electron chi connectivity index (χ4n) is 2.45. The number of carboxylic acids is 1. The number of hydrogen-bond donors (Lipinski definition) is 3. The Morgan fingerprint density at radius 1 is 1.42 bits per heavy atom. The predicted molar refractivity (Wildman–Crippen MR) is 70.8 cm³/mol. The average molecular weight is 272 g/mol. The van der Waals surface area contributed by atoms with E-state index in [0.717, 1.165) is 12.8 Å². The Balaban J connectivity index is 2.45. The maximum atomic E-state index is 11.9. The van der Waals surface area contributed by atoms with Crippen LogP contribution in [0.4, 0.5) is 4.79 Å². The van der Waals surface area contributed by atoms with Gasteiger partial charge in [-0.1, -0.05) is 13.8 Å². The van der Waals surface area contributed by atoms with E-state index in [0.29, 0.717) is 13.0 Å². The first kappa shape index (κ1) is 15.8. The maximum absolute atomic E-state index is 11.9. The van der Waals surface area contributed by atoms with Gasteiger partial charge in [0.1, 0.15) is 0 Å². The largest absolute Gasteiger partial charge is 0.481 e. The van der Waals surface area contributed by atoms with Crippen LogP contribution < -0.4 is 5.32 Å². The van der Waals surface area contributed by atoms with E-state index in [2.05, 4.69) is 5.32 Å². The first-order chi connectivity index (χ1) is 8.95. The van der Waals surface area contributed by atoms with Gasteiger partial charge in [0, 0.05) is 13.1 Å². The van der Waals surface area contributed by atoms with Gasteiger partial charge in [-0.2, -0.15) is 0 Å². The van der Waals surface area contributed by atoms with E-state index in [1.807, 2.05) is 13.8 Å². The minimum absolute atomic E-state index is 0.0399. The molecule has 0 radical (unpaired) electrons. The second-order valence-electron chi connectivity index (χ2n) is 5.52. The van der Waals surface area contributed by atoms with Gasteiger partial charge in [0.25, 0.3) is 0 Å². The molecule has 0 saturated carbocycles. The first-order valence-corrected chi connectivity index (χ1v) is 6.83. The van der Waals surface area contributed by atoms with Gasteiger partial charge in [-0.25, -0.2) is 4.79 Å². The molecule has 6 nitrogen and oxygen atoms in total. The van der Waals surface area contributed by atoms with Gasteiger partial charge in [0.2, 0.25) is 0 Å². The quantitative estimate of drug-likeness (QED) is 0.670. The maximum Gasteiger partial charge on any atom is 0.317 e. The van der Waals surface area contributed by atoms with E-state index >= 15 is 0 Å². The summed E-state index contributed by atoms with van der Waals surface area (Å²) in [6.07, 6.45) is 2.23. The molecule has 19 heavy (non-hydrogen) atoms. The lowest BCUT2D eigenvalue weighted by molar-refractivity contribution is -0.142. The van der Waals surface area contributed by atoms with E-state index in [1.165, 1.54) is 0 Å². The number of urea groups is 1. The molecule has 0 bridgehead atoms. The highest BCUT2D eigenvalue weighted by Crippen LogP contribution is 2.17. The van der Waals surface area contributed by atoms with Crippen molar-refractivity contribution in [2.24, 2.45) is 11.8 Å². The van der Waals surface area contributed by atoms with Crippen LogP contribution in [0.1, 0.15) is 33.1 Å². The lowest BCUT2D eigenvalue weighted by Gasteiger charge is -2.24. The number of nitrogens with zero attached hydrogens (tertiary/aromatic N) is 1. The van der Waals surface area contributed by atoms with E-state index in [-0.39, 0.29) is 31.1 Å². The van der Waals surface area contributed by atoms with Gasteiger partial charge >= 0.3 is 12.0 Å². The zero-order valence-electron chi connectivity index (χ0n) is 11.6. The summed E-state index contributed by atoms with van der Waals surface area (Å²) in [7, 11) is 0. The SMILES string of the molecule is CC(C)CC(CNC(=O)N1CCCC1CO)C(=O)O. The van der Waals surface area contributed by atoms with Gasteiger partial charge in [-0.3, -0.25) is 4.79 Å². The summed E-state index contributed by atoms with van der Waals surface area (Å²) in [6.45, 7) is 4.64. The molecular weight excluding hydrogens is 248 g/mol. The third-order valence-corrected chi connectivity index (χ3v) is 3.45. The summed E-state index contributed by atoms with van der Waals surface area (Å²) in [5, 5.41) is 20.9. The van der Waals surface area contributed by atoms with Crippen molar-refractivity contribution in [3.05, 3.63) is 0 Å². The summed E-state index contributed by atoms with van der Waals surface area (Å²) >= 11 is 0. The normalized spacial score (nSPS) is 20.6. The zero-order chi connectivity index (χ0) is 14.4. The number of amides is 2. The van der Waals surface area contributed by atoms with E-state index in [9.17, 15) is 9.59 Å². The summed E-state index contributed by atoms with van der Waals surface area (Å²) in [6, 6.07) is -0.403. The monoisotopic (exact) mass is 272 g/mol. The fraction of sp³-hybridized carbons (Fsp3) is 0.846. The topological polar surface area (TPSA) is 89.9 Å². The molecule has 1 rings (SSSR count). The van der Waals surface area contributed by atoms with Crippen molar-refractivity contribution in [1.29, 1.82) is 0 Å². The Bertz CT molecular complexity index is 320. The van der Waals surface area contributed by atoms with Crippen molar-refractivity contribution in [3.8, 4) is 0 Å². The molecule has 110 valence electrons. The van der Waals surface area contributed by atoms with Crippen LogP contribution in [0.15, 0.2) is 0 Å². The molecule has 1 heterocycles. The highest BCUT2D eigenvalue weighted by atomic mass is 16.4. The number of hydrogen-bond acceptors (Lipinski definition) is 3. The Kier molecular flexibility index (Phi) is 6.08. The third-order valence-electron chi connectivity index (χ3n) is 3.45. The second kappa shape index (κ2) is 7.33. The molecule has 0 spiro atoms. The zero-order valence-corrected chi connectivity index (χ0v) is 11.6. The molecule has 0 aromatic carbocycles. The molecule has 1 saturated heterocycles. The van der Waals surface area contributed by atoms with E-state index in [4.69, 9.17) is 10.2 Å². The molecule has 0 aliphatic carbocycles. The summed E-state index contributed by atoms with van der Waals surface area (Å²) in [4.78, 5) is 24.6. The number of carboxylic acid groups (broad SMARTS) is 1. The van der Waals surface area contributed by atoms with Crippen LogP contribution in [0.2, 0.25) is 0 Å². The van der Waals surface area contributed by atoms with Crippen LogP contribution in [-0.4, -0.2) is 52.9 Å². The van der Waals surface area contributed by atoms with Crippen LogP contribution in [0.25, 0.3) is 0 Å². The minimum atomic E-state index is -0.880. The molecule has 2 unspecified atom stereocenters. The third kappa shape index (κ3) is 4.70. The van der Waals surface area contributed by atoms with E-state index in [1.54, 1.807) is 4.90 Å². The fourth-order valence-corrected chi connectivity index (χ4v) is 2.45. The van der Waals surface area contributed by atoms with Crippen molar-refractivity contribution in [2.75, 3.05) is 19.7 Å². The first-order valence-electron chi connectivity index (χ1n) is 6.83. The number of aliphatic hydroxyl groups excluding tert-OH is 1. The van der Waals surface area contributed by atoms with Crippen LogP contribution in [0.5, 0.6) is 0 Å². The highest BCUT2D eigenvalue weighted by molar-refractivity contribution is 5.76. The molecule has 2 atom stereocenters. The van der Waals surface area contributed by atoms with E-state index < -0.39 is 11.9 Å². The molecule has 1 aliphatic rings. The number of nitrogens with one attached hydrogen (secondary N) is 1. The van der Waals surface area contributed by atoms with Crippen LogP contribution in [-0.2, 0) is 4.79 Å². The van der Waals surface area contributed by atoms with Crippen LogP contribution in [0.3, 0.4) is 0 Å². The standard InChI is InChI=1S/C13H24N2O4/c1-9(2)6-10(12(17)18)7-14-13(19)15-5-3-4-11(15)8-16/h9-11,16H,3-8H2,1-2H3,(H,14,19)(H,17,18). The molecule has 6 heteroatoms. The van der Waals surface area contributed by atoms with Crippen molar-refractivity contribution in [1.82, 2.24) is 10.2 Å². The minimum Gasteiger partial charge on any atom is -0.481 e. The Morgan fingerprint density at radius 2 is 2.11 bits per heavy atom. The number of carbonyl (C=O) groups excluding carboxylic acids is 1. The van der Waals surface area contributed by atoms with Gasteiger partial charge < -0.3 is 20.4 Å². The average Bonchev–Trinajstić information content (AvgIpc) is 2.81. The highest BCUT2D eigenvalue weighted by Gasteiger charge is 2.29. The Morgan fingerprint density at radius 3 is 2.63 bits per heavy atom. The van der Waals surface area contributed by atoms with Crippen molar-refractivity contribution in [2.45, 2.75) is 39.2 Å². The summed E-state index contributed by atoms with van der Waals surface area (Å²) < 4.78 is 0. The van der Waals surface area contributed by atoms with Gasteiger partial charge in [0.15, 0.2) is 0 Å². The number of aliphatic hydroxyl groups is 1. The number of rotatable bonds is 6. The molecular formula is C13H24N2O4. The summed E-state index contributed by atoms with van der Waals surface area (Å²) in [5.41, 5.74) is 0. The summed E-state index contributed by atoms with van der Waals surface area (Å²) in [5.74, 6) is -1.16. The molecule has 0 aromatic heterocycles. The lowest BCUT2D eigenvalue weighted by Crippen LogP contribution is -2.46. The van der Waals surface area contributed by atoms with Gasteiger partial charge in [-0.15, -0.1) is 0 Å². The van der Waals surface area contributed by atoms with Crippen molar-refractivity contribution in [3.63, 3.8) is 0 Å². The number of carbonyl (C=O) groups is 2. The molecule has 2 amide bonds. The smallest absolute Gasteiger partial charge is 0.317 e. The number of aliphatic carboxylic acids is 1. The number of likely N-dealkylation sites (tertiary alicyclic amines) is 1. The molecule has 1 fully saturated rings. The molecule has 3 N–H and O–H groups in total. The van der Waals surface area contributed by atoms with Crippen LogP contribution >= 0.6 is 0 Å². The molecule has 1 aliphatic heterocycles. The van der Waals surface area contributed by atoms with Crippen molar-refractivity contribution >= 4 is 12.0 Å². The Labute approximate surface area is 113 Å². The van der Waals surface area contributed by atoms with Crippen molar-refractivity contribution < 1.29 is 19.8 Å². The van der Waals surface area contributed by atoms with Crippen LogP contribution in [0, 0.1) is 11.8 Å². The van der Waals surface area contributed by atoms with Gasteiger partial charge in [0.05, 0.1) is 18.6 Å². The molecule has 0 aromatic rings. The van der Waals surface area contributed by atoms with Gasteiger partial charge in [-0.05, 0) is 25.2 Å². The predicted octanol–water partition coefficient (Wildman–Crippen LogP) is 0.900. The second-order valence-corrected chi connectivity index (χ2v) is 5.52. The lowest BCUT2D eigenvalue weighted by atomic mass is 9.97.